The van der Waals surface area contributed by atoms with Crippen molar-refractivity contribution in [3.8, 4) is 0 Å². The van der Waals surface area contributed by atoms with Gasteiger partial charge in [0.25, 0.3) is 0 Å². The molecule has 0 saturated heterocycles. The van der Waals surface area contributed by atoms with Gasteiger partial charge in [-0.3, -0.25) is 14.4 Å². The van der Waals surface area contributed by atoms with Crippen LogP contribution in [0.4, 0.5) is 0 Å². The minimum atomic E-state index is -0.763. The molecule has 0 aromatic rings. The topological polar surface area (TPSA) is 78.9 Å². The Hall–Kier alpha value is -1.85. The minimum Gasteiger partial charge on any atom is -0.462 e. The fraction of sp³-hybridized carbons (Fsp3) is 0.907. The third kappa shape index (κ3) is 47.2. The molecule has 0 spiro atoms. The Bertz CT molecular complexity index is 931. The van der Waals surface area contributed by atoms with Crippen LogP contribution in [0.1, 0.15) is 297 Å². The van der Waals surface area contributed by atoms with Crippen LogP contribution in [0.15, 0.2) is 12.2 Å². The quantitative estimate of drug-likeness (QED) is 0.0263. The summed E-state index contributed by atoms with van der Waals surface area (Å²) in [4.78, 5) is 37.9. The van der Waals surface area contributed by atoms with Crippen LogP contribution < -0.4 is 0 Å². The molecule has 0 rings (SSSR count). The number of hydrogen-bond acceptors (Lipinski definition) is 6. The molecule has 0 aromatic carbocycles. The lowest BCUT2D eigenvalue weighted by Crippen LogP contribution is -2.30. The summed E-state index contributed by atoms with van der Waals surface area (Å²) in [6.45, 7) is 6.66. The van der Waals surface area contributed by atoms with Gasteiger partial charge in [0.15, 0.2) is 6.10 Å². The van der Waals surface area contributed by atoms with E-state index in [0.717, 1.165) is 57.8 Å². The van der Waals surface area contributed by atoms with Crippen molar-refractivity contribution in [3.63, 3.8) is 0 Å². The second-order valence-electron chi connectivity index (χ2n) is 18.2. The van der Waals surface area contributed by atoms with Crippen LogP contribution in [0.25, 0.3) is 0 Å². The first-order valence-electron chi connectivity index (χ1n) is 26.7. The van der Waals surface area contributed by atoms with Gasteiger partial charge in [-0.25, -0.2) is 0 Å². The number of allylic oxidation sites excluding steroid dienone is 2. The molecule has 0 amide bonds. The Morgan fingerprint density at radius 2 is 0.550 bits per heavy atom. The van der Waals surface area contributed by atoms with Crippen LogP contribution in [-0.4, -0.2) is 37.2 Å². The van der Waals surface area contributed by atoms with Crippen molar-refractivity contribution < 1.29 is 28.6 Å². The number of ether oxygens (including phenoxy) is 3. The van der Waals surface area contributed by atoms with Crippen molar-refractivity contribution in [2.45, 2.75) is 303 Å². The molecule has 0 aliphatic rings. The van der Waals surface area contributed by atoms with Crippen LogP contribution >= 0.6 is 0 Å². The van der Waals surface area contributed by atoms with Gasteiger partial charge in [0.1, 0.15) is 13.2 Å². The first-order chi connectivity index (χ1) is 29.5. The molecule has 0 aliphatic carbocycles. The van der Waals surface area contributed by atoms with Crippen molar-refractivity contribution in [1.82, 2.24) is 0 Å². The Kier molecular flexibility index (Phi) is 48.3. The highest BCUT2D eigenvalue weighted by molar-refractivity contribution is 5.71. The third-order valence-corrected chi connectivity index (χ3v) is 12.0. The number of rotatable bonds is 49. The fourth-order valence-electron chi connectivity index (χ4n) is 7.97. The van der Waals surface area contributed by atoms with E-state index in [4.69, 9.17) is 14.2 Å². The van der Waals surface area contributed by atoms with Crippen LogP contribution in [0.5, 0.6) is 0 Å². The van der Waals surface area contributed by atoms with Gasteiger partial charge >= 0.3 is 17.9 Å². The first-order valence-corrected chi connectivity index (χ1v) is 26.7. The van der Waals surface area contributed by atoms with E-state index in [1.54, 1.807) is 0 Å². The van der Waals surface area contributed by atoms with E-state index in [9.17, 15) is 14.4 Å². The maximum atomic E-state index is 12.8. The van der Waals surface area contributed by atoms with Crippen molar-refractivity contribution >= 4 is 17.9 Å². The molecule has 0 fully saturated rings. The van der Waals surface area contributed by atoms with Gasteiger partial charge in [-0.05, 0) is 44.9 Å². The second-order valence-corrected chi connectivity index (χ2v) is 18.2. The summed E-state index contributed by atoms with van der Waals surface area (Å²) >= 11 is 0. The standard InChI is InChI=1S/C54H102O6/c1-4-7-10-13-16-19-22-24-25-26-27-28-29-30-33-35-38-41-44-47-53(56)59-50-51(49-58-52(55)46-43-40-37-34-31-21-18-15-12-9-6-3)60-54(57)48-45-42-39-36-32-23-20-17-14-11-8-5-2/h24-25,51H,4-23,26-50H2,1-3H3/b25-24-. The number of carbonyl (C=O) groups is 3. The normalized spacial score (nSPS) is 12.0. The van der Waals surface area contributed by atoms with Gasteiger partial charge in [0, 0.05) is 19.3 Å². The monoisotopic (exact) mass is 847 g/mol. The highest BCUT2D eigenvalue weighted by Gasteiger charge is 2.19. The summed E-state index contributed by atoms with van der Waals surface area (Å²) in [5.74, 6) is -0.851. The summed E-state index contributed by atoms with van der Waals surface area (Å²) in [5, 5.41) is 0. The van der Waals surface area contributed by atoms with Gasteiger partial charge in [-0.2, -0.15) is 0 Å². The van der Waals surface area contributed by atoms with Crippen LogP contribution in [0, 0.1) is 0 Å². The van der Waals surface area contributed by atoms with Crippen LogP contribution in [0.3, 0.4) is 0 Å². The molecule has 1 atom stereocenters. The molecule has 1 unspecified atom stereocenters. The Morgan fingerprint density at radius 1 is 0.317 bits per heavy atom. The number of esters is 3. The third-order valence-electron chi connectivity index (χ3n) is 12.0. The molecule has 0 bridgehead atoms. The van der Waals surface area contributed by atoms with Gasteiger partial charge in [-0.15, -0.1) is 0 Å². The Morgan fingerprint density at radius 3 is 0.833 bits per heavy atom. The zero-order valence-electron chi connectivity index (χ0n) is 40.5. The fourth-order valence-corrected chi connectivity index (χ4v) is 7.97. The molecule has 0 saturated carbocycles. The highest BCUT2D eigenvalue weighted by Crippen LogP contribution is 2.16. The molecule has 6 heteroatoms. The van der Waals surface area contributed by atoms with Gasteiger partial charge < -0.3 is 14.2 Å². The maximum absolute atomic E-state index is 12.8. The van der Waals surface area contributed by atoms with Crippen LogP contribution in [0.2, 0.25) is 0 Å². The molecule has 354 valence electrons. The van der Waals surface area contributed by atoms with E-state index in [-0.39, 0.29) is 31.1 Å². The minimum absolute atomic E-state index is 0.0652. The van der Waals surface area contributed by atoms with Crippen molar-refractivity contribution in [1.29, 1.82) is 0 Å². The first kappa shape index (κ1) is 58.1. The highest BCUT2D eigenvalue weighted by atomic mass is 16.6. The zero-order valence-corrected chi connectivity index (χ0v) is 40.5. The predicted molar refractivity (Wildman–Crippen MR) is 256 cm³/mol. The maximum Gasteiger partial charge on any atom is 0.306 e. The summed E-state index contributed by atoms with van der Waals surface area (Å²) in [7, 11) is 0. The van der Waals surface area contributed by atoms with Gasteiger partial charge in [0.05, 0.1) is 0 Å². The average molecular weight is 847 g/mol. The Balaban J connectivity index is 4.26. The molecule has 6 nitrogen and oxygen atoms in total. The summed E-state index contributed by atoms with van der Waals surface area (Å²) < 4.78 is 16.8. The molecule has 0 N–H and O–H groups in total. The van der Waals surface area contributed by atoms with Crippen molar-refractivity contribution in [2.24, 2.45) is 0 Å². The molecule has 0 aliphatic heterocycles. The van der Waals surface area contributed by atoms with Crippen molar-refractivity contribution in [3.05, 3.63) is 12.2 Å². The lowest BCUT2D eigenvalue weighted by atomic mass is 10.0. The molecule has 0 heterocycles. The molecule has 60 heavy (non-hydrogen) atoms. The SMILES string of the molecule is CCCCCCCC/C=C\CCCCCCCCCCCC(=O)OCC(COC(=O)CCCCCCCCCCCCC)OC(=O)CCCCCCCCCCCCCC. The van der Waals surface area contributed by atoms with Gasteiger partial charge in [-0.1, -0.05) is 245 Å². The summed E-state index contributed by atoms with van der Waals surface area (Å²) in [6, 6.07) is 0. The second kappa shape index (κ2) is 49.8. The van der Waals surface area contributed by atoms with E-state index >= 15 is 0 Å². The Labute approximate surface area is 373 Å². The van der Waals surface area contributed by atoms with E-state index in [1.807, 2.05) is 0 Å². The lowest BCUT2D eigenvalue weighted by molar-refractivity contribution is -0.167. The summed E-state index contributed by atoms with van der Waals surface area (Å²) in [6.07, 6.45) is 54.8. The number of unbranched alkanes of at least 4 members (excludes halogenated alkanes) is 36. The van der Waals surface area contributed by atoms with Gasteiger partial charge in [0.2, 0.25) is 0 Å². The van der Waals surface area contributed by atoms with E-state index in [2.05, 4.69) is 32.9 Å². The smallest absolute Gasteiger partial charge is 0.306 e. The summed E-state index contributed by atoms with van der Waals surface area (Å²) in [5.41, 5.74) is 0. The average Bonchev–Trinajstić information content (AvgIpc) is 3.24. The molecular weight excluding hydrogens is 745 g/mol. The van der Waals surface area contributed by atoms with E-state index in [1.165, 1.54) is 199 Å². The zero-order chi connectivity index (χ0) is 43.7. The largest absolute Gasteiger partial charge is 0.462 e. The molecule has 0 aromatic heterocycles. The molecule has 0 radical (unpaired) electrons. The number of hydrogen-bond donors (Lipinski definition) is 0. The van der Waals surface area contributed by atoms with E-state index < -0.39 is 6.10 Å². The lowest BCUT2D eigenvalue weighted by Gasteiger charge is -2.18. The van der Waals surface area contributed by atoms with Crippen LogP contribution in [-0.2, 0) is 28.6 Å². The van der Waals surface area contributed by atoms with E-state index in [0.29, 0.717) is 19.3 Å². The van der Waals surface area contributed by atoms with Crippen molar-refractivity contribution in [2.75, 3.05) is 13.2 Å². The predicted octanol–water partition coefficient (Wildman–Crippen LogP) is 17.4. The number of carbonyl (C=O) groups excluding carboxylic acids is 3. The molecular formula is C54H102O6.